The topological polar surface area (TPSA) is 44.1 Å². The Hall–Kier alpha value is -0.840. The quantitative estimate of drug-likeness (QED) is 0.800. The molecular formula is C13H19BrN2O2. The average Bonchev–Trinajstić information content (AvgIpc) is 2.73. The largest absolute Gasteiger partial charge is 0.462 e. The van der Waals surface area contributed by atoms with Crippen molar-refractivity contribution < 1.29 is 9.53 Å². The maximum Gasteiger partial charge on any atom is 0.342 e. The Kier molecular flexibility index (Phi) is 4.80. The lowest BCUT2D eigenvalue weighted by Crippen LogP contribution is -2.15. The van der Waals surface area contributed by atoms with Crippen LogP contribution in [0.1, 0.15) is 49.4 Å². The predicted octanol–water partition coefficient (Wildman–Crippen LogP) is 3.40. The Morgan fingerprint density at radius 3 is 2.89 bits per heavy atom. The van der Waals surface area contributed by atoms with Crippen molar-refractivity contribution in [3.63, 3.8) is 0 Å². The molecule has 0 aromatic carbocycles. The van der Waals surface area contributed by atoms with Crippen molar-refractivity contribution in [1.29, 1.82) is 0 Å². The van der Waals surface area contributed by atoms with Crippen LogP contribution in [0.3, 0.4) is 0 Å². The number of halogens is 1. The van der Waals surface area contributed by atoms with Crippen LogP contribution >= 0.6 is 15.9 Å². The number of ether oxygens (including phenoxy) is 1. The SMILES string of the molecule is CCOC(=O)c1cnn(CC2CCCCC2)c1Br. The van der Waals surface area contributed by atoms with Crippen LogP contribution in [-0.2, 0) is 11.3 Å². The summed E-state index contributed by atoms with van der Waals surface area (Å²) in [5, 5.41) is 4.28. The Morgan fingerprint density at radius 1 is 1.50 bits per heavy atom. The summed E-state index contributed by atoms with van der Waals surface area (Å²) >= 11 is 3.45. The monoisotopic (exact) mass is 314 g/mol. The second-order valence-electron chi connectivity index (χ2n) is 4.76. The number of carbonyl (C=O) groups is 1. The van der Waals surface area contributed by atoms with Crippen molar-refractivity contribution in [2.45, 2.75) is 45.6 Å². The molecule has 1 aromatic heterocycles. The maximum absolute atomic E-state index is 11.7. The summed E-state index contributed by atoms with van der Waals surface area (Å²) < 4.78 is 7.61. The molecule has 4 nitrogen and oxygen atoms in total. The fraction of sp³-hybridized carbons (Fsp3) is 0.692. The molecule has 0 saturated heterocycles. The standard InChI is InChI=1S/C13H19BrN2O2/c1-2-18-13(17)11-8-15-16(12(11)14)9-10-6-4-3-5-7-10/h8,10H,2-7,9H2,1H3. The zero-order valence-electron chi connectivity index (χ0n) is 10.7. The number of hydrogen-bond donors (Lipinski definition) is 0. The van der Waals surface area contributed by atoms with E-state index in [9.17, 15) is 4.79 Å². The lowest BCUT2D eigenvalue weighted by atomic mass is 9.89. The number of rotatable bonds is 4. The lowest BCUT2D eigenvalue weighted by Gasteiger charge is -2.21. The number of esters is 1. The molecule has 1 aromatic rings. The molecule has 0 radical (unpaired) electrons. The van der Waals surface area contributed by atoms with Crippen molar-refractivity contribution in [1.82, 2.24) is 9.78 Å². The molecule has 1 saturated carbocycles. The molecule has 0 aliphatic heterocycles. The molecule has 18 heavy (non-hydrogen) atoms. The van der Waals surface area contributed by atoms with Crippen LogP contribution in [0.5, 0.6) is 0 Å². The molecule has 5 heteroatoms. The summed E-state index contributed by atoms with van der Waals surface area (Å²) in [6.07, 6.45) is 8.10. The molecular weight excluding hydrogens is 296 g/mol. The van der Waals surface area contributed by atoms with Crippen LogP contribution in [-0.4, -0.2) is 22.4 Å². The second-order valence-corrected chi connectivity index (χ2v) is 5.51. The average molecular weight is 315 g/mol. The Morgan fingerprint density at radius 2 is 2.22 bits per heavy atom. The van der Waals surface area contributed by atoms with Crippen LogP contribution < -0.4 is 0 Å². The predicted molar refractivity (Wildman–Crippen MR) is 72.5 cm³/mol. The van der Waals surface area contributed by atoms with E-state index in [1.165, 1.54) is 32.1 Å². The van der Waals surface area contributed by atoms with Gasteiger partial charge in [-0.3, -0.25) is 4.68 Å². The smallest absolute Gasteiger partial charge is 0.342 e. The normalized spacial score (nSPS) is 16.8. The van der Waals surface area contributed by atoms with Gasteiger partial charge >= 0.3 is 5.97 Å². The minimum absolute atomic E-state index is 0.306. The molecule has 0 unspecified atom stereocenters. The van der Waals surface area contributed by atoms with E-state index in [1.807, 2.05) is 4.68 Å². The highest BCUT2D eigenvalue weighted by molar-refractivity contribution is 9.10. The fourth-order valence-electron chi connectivity index (χ4n) is 2.46. The first kappa shape index (κ1) is 13.6. The van der Waals surface area contributed by atoms with Gasteiger partial charge in [0.2, 0.25) is 0 Å². The summed E-state index contributed by atoms with van der Waals surface area (Å²) in [5.74, 6) is 0.379. The minimum Gasteiger partial charge on any atom is -0.462 e. The van der Waals surface area contributed by atoms with Gasteiger partial charge in [0.15, 0.2) is 0 Å². The summed E-state index contributed by atoms with van der Waals surface area (Å²) in [4.78, 5) is 11.7. The number of carbonyl (C=O) groups excluding carboxylic acids is 1. The molecule has 0 atom stereocenters. The first-order valence-electron chi connectivity index (χ1n) is 6.60. The van der Waals surface area contributed by atoms with Gasteiger partial charge in [0, 0.05) is 6.54 Å². The van der Waals surface area contributed by atoms with Crippen molar-refractivity contribution >= 4 is 21.9 Å². The van der Waals surface area contributed by atoms with E-state index in [4.69, 9.17) is 4.74 Å². The molecule has 1 aliphatic rings. The van der Waals surface area contributed by atoms with E-state index in [0.717, 1.165) is 11.1 Å². The van der Waals surface area contributed by atoms with Crippen molar-refractivity contribution in [3.8, 4) is 0 Å². The van der Waals surface area contributed by atoms with Gasteiger partial charge in [-0.2, -0.15) is 5.10 Å². The molecule has 2 rings (SSSR count). The molecule has 0 amide bonds. The van der Waals surface area contributed by atoms with E-state index >= 15 is 0 Å². The van der Waals surface area contributed by atoms with Crippen LogP contribution in [0.2, 0.25) is 0 Å². The third-order valence-corrected chi connectivity index (χ3v) is 4.26. The maximum atomic E-state index is 11.7. The molecule has 0 N–H and O–H groups in total. The number of nitrogens with zero attached hydrogens (tertiary/aromatic N) is 2. The lowest BCUT2D eigenvalue weighted by molar-refractivity contribution is 0.0525. The van der Waals surface area contributed by atoms with Crippen LogP contribution in [0.4, 0.5) is 0 Å². The Labute approximate surface area is 116 Å². The van der Waals surface area contributed by atoms with E-state index < -0.39 is 0 Å². The van der Waals surface area contributed by atoms with Gasteiger partial charge in [0.05, 0.1) is 12.8 Å². The summed E-state index contributed by atoms with van der Waals surface area (Å²) in [7, 11) is 0. The minimum atomic E-state index is -0.306. The zero-order chi connectivity index (χ0) is 13.0. The van der Waals surface area contributed by atoms with E-state index in [1.54, 1.807) is 13.1 Å². The van der Waals surface area contributed by atoms with Gasteiger partial charge in [-0.1, -0.05) is 19.3 Å². The number of aromatic nitrogens is 2. The van der Waals surface area contributed by atoms with Crippen molar-refractivity contribution in [2.24, 2.45) is 5.92 Å². The van der Waals surface area contributed by atoms with Crippen molar-refractivity contribution in [3.05, 3.63) is 16.4 Å². The van der Waals surface area contributed by atoms with E-state index in [-0.39, 0.29) is 5.97 Å². The molecule has 100 valence electrons. The van der Waals surface area contributed by atoms with Crippen molar-refractivity contribution in [2.75, 3.05) is 6.61 Å². The van der Waals surface area contributed by atoms with Gasteiger partial charge in [-0.05, 0) is 41.6 Å². The second kappa shape index (κ2) is 6.36. The van der Waals surface area contributed by atoms with Gasteiger partial charge in [-0.25, -0.2) is 4.79 Å². The Balaban J connectivity index is 2.03. The van der Waals surface area contributed by atoms with Crippen LogP contribution in [0, 0.1) is 5.92 Å². The van der Waals surface area contributed by atoms with Crippen LogP contribution in [0.15, 0.2) is 10.8 Å². The van der Waals surface area contributed by atoms with E-state index in [2.05, 4.69) is 21.0 Å². The summed E-state index contributed by atoms with van der Waals surface area (Å²) in [5.41, 5.74) is 0.521. The summed E-state index contributed by atoms with van der Waals surface area (Å²) in [6, 6.07) is 0. The van der Waals surface area contributed by atoms with Gasteiger partial charge in [0.1, 0.15) is 10.2 Å². The highest BCUT2D eigenvalue weighted by Crippen LogP contribution is 2.27. The molecule has 1 heterocycles. The van der Waals surface area contributed by atoms with Gasteiger partial charge in [0.25, 0.3) is 0 Å². The third-order valence-electron chi connectivity index (χ3n) is 3.43. The highest BCUT2D eigenvalue weighted by atomic mass is 79.9. The first-order valence-corrected chi connectivity index (χ1v) is 7.40. The third kappa shape index (κ3) is 3.13. The summed E-state index contributed by atoms with van der Waals surface area (Å²) in [6.45, 7) is 3.08. The Bertz CT molecular complexity index is 411. The van der Waals surface area contributed by atoms with Crippen LogP contribution in [0.25, 0.3) is 0 Å². The fourth-order valence-corrected chi connectivity index (χ4v) is 2.96. The molecule has 1 fully saturated rings. The number of hydrogen-bond acceptors (Lipinski definition) is 3. The highest BCUT2D eigenvalue weighted by Gasteiger charge is 2.20. The molecule has 0 bridgehead atoms. The first-order chi connectivity index (χ1) is 8.72. The van der Waals surface area contributed by atoms with E-state index in [0.29, 0.717) is 18.1 Å². The van der Waals surface area contributed by atoms with Gasteiger partial charge < -0.3 is 4.74 Å². The van der Waals surface area contributed by atoms with Gasteiger partial charge in [-0.15, -0.1) is 0 Å². The zero-order valence-corrected chi connectivity index (χ0v) is 12.3. The molecule has 1 aliphatic carbocycles. The molecule has 0 spiro atoms.